The molecule has 0 aliphatic carbocycles. The molecule has 0 aliphatic heterocycles. The Hall–Kier alpha value is -2.93. The highest BCUT2D eigenvalue weighted by molar-refractivity contribution is 7.98. The molecular weight excluding hydrogens is 388 g/mol. The Morgan fingerprint density at radius 3 is 2.62 bits per heavy atom. The second-order valence-corrected chi connectivity index (χ2v) is 7.75. The van der Waals surface area contributed by atoms with Gasteiger partial charge in [-0.15, -0.1) is 0 Å². The number of ether oxygens (including phenoxy) is 1. The van der Waals surface area contributed by atoms with E-state index in [0.29, 0.717) is 21.9 Å². The number of nitrogens with zero attached hydrogens (tertiary/aromatic N) is 2. The Balaban J connectivity index is 1.69. The molecule has 0 aliphatic rings. The van der Waals surface area contributed by atoms with Crippen molar-refractivity contribution in [3.8, 4) is 0 Å². The summed E-state index contributed by atoms with van der Waals surface area (Å²) >= 11 is 1.36. The van der Waals surface area contributed by atoms with Crippen LogP contribution in [0.2, 0.25) is 0 Å². The molecule has 1 atom stereocenters. The van der Waals surface area contributed by atoms with Gasteiger partial charge in [0.15, 0.2) is 6.10 Å². The first kappa shape index (κ1) is 20.8. The van der Waals surface area contributed by atoms with Gasteiger partial charge in [0.25, 0.3) is 0 Å². The Morgan fingerprint density at radius 1 is 1.14 bits per heavy atom. The maximum Gasteiger partial charge on any atom is 0.341 e. The zero-order valence-electron chi connectivity index (χ0n) is 16.8. The number of hydrogen-bond donors (Lipinski definition) is 0. The molecule has 2 aromatic heterocycles. The van der Waals surface area contributed by atoms with Crippen molar-refractivity contribution in [3.05, 3.63) is 76.3 Å². The molecule has 0 saturated heterocycles. The zero-order valence-corrected chi connectivity index (χ0v) is 17.6. The second kappa shape index (κ2) is 9.05. The predicted octanol–water partition coefficient (Wildman–Crippen LogP) is 4.72. The first-order valence-electron chi connectivity index (χ1n) is 9.17. The van der Waals surface area contributed by atoms with Gasteiger partial charge in [-0.25, -0.2) is 9.78 Å². The van der Waals surface area contributed by atoms with Crippen molar-refractivity contribution < 1.29 is 18.8 Å². The van der Waals surface area contributed by atoms with E-state index in [1.54, 1.807) is 31.3 Å². The standard InChI is InChI=1S/C22H22N2O4S/c1-13-7-8-17(10-14(13)2)20(25)16(4)27-22(26)19-6-5-9-23-21(19)29-12-18-11-15(3)28-24-18/h5-11,16H,12H2,1-4H3/t16-/m0/s1. The molecule has 0 saturated carbocycles. The van der Waals surface area contributed by atoms with Gasteiger partial charge in [0.2, 0.25) is 5.78 Å². The van der Waals surface area contributed by atoms with E-state index in [2.05, 4.69) is 10.1 Å². The highest BCUT2D eigenvalue weighted by Gasteiger charge is 2.23. The quantitative estimate of drug-likeness (QED) is 0.317. The van der Waals surface area contributed by atoms with Gasteiger partial charge in [-0.3, -0.25) is 4.79 Å². The zero-order chi connectivity index (χ0) is 21.0. The van der Waals surface area contributed by atoms with Crippen LogP contribution in [0.15, 0.2) is 52.1 Å². The minimum atomic E-state index is -0.902. The lowest BCUT2D eigenvalue weighted by molar-refractivity contribution is 0.0314. The molecule has 6 nitrogen and oxygen atoms in total. The first-order chi connectivity index (χ1) is 13.8. The summed E-state index contributed by atoms with van der Waals surface area (Å²) in [5, 5.41) is 4.46. The van der Waals surface area contributed by atoms with Crippen LogP contribution in [0.5, 0.6) is 0 Å². The topological polar surface area (TPSA) is 82.3 Å². The average Bonchev–Trinajstić information content (AvgIpc) is 3.13. The number of benzene rings is 1. The SMILES string of the molecule is Cc1cc(CSc2ncccc2C(=O)O[C@@H](C)C(=O)c2ccc(C)c(C)c2)no1. The van der Waals surface area contributed by atoms with Crippen LogP contribution in [-0.4, -0.2) is 28.0 Å². The Morgan fingerprint density at radius 2 is 1.93 bits per heavy atom. The van der Waals surface area contributed by atoms with Crippen molar-refractivity contribution >= 4 is 23.5 Å². The Bertz CT molecular complexity index is 1040. The Labute approximate surface area is 173 Å². The number of pyridine rings is 1. The van der Waals surface area contributed by atoms with Crippen LogP contribution < -0.4 is 0 Å². The van der Waals surface area contributed by atoms with Crippen molar-refractivity contribution in [1.29, 1.82) is 0 Å². The summed E-state index contributed by atoms with van der Waals surface area (Å²) in [6, 6.07) is 10.6. The van der Waals surface area contributed by atoms with E-state index >= 15 is 0 Å². The fourth-order valence-electron chi connectivity index (χ4n) is 2.70. The van der Waals surface area contributed by atoms with Gasteiger partial charge in [-0.1, -0.05) is 29.1 Å². The third kappa shape index (κ3) is 5.12. The minimum absolute atomic E-state index is 0.238. The number of carbonyl (C=O) groups excluding carboxylic acids is 2. The first-order valence-corrected chi connectivity index (χ1v) is 10.2. The van der Waals surface area contributed by atoms with Gasteiger partial charge in [0, 0.05) is 23.6 Å². The van der Waals surface area contributed by atoms with Crippen LogP contribution in [0.3, 0.4) is 0 Å². The van der Waals surface area contributed by atoms with E-state index in [4.69, 9.17) is 9.26 Å². The molecule has 0 unspecified atom stereocenters. The normalized spacial score (nSPS) is 11.9. The number of carbonyl (C=O) groups is 2. The van der Waals surface area contributed by atoms with Crippen molar-refractivity contribution in [2.45, 2.75) is 44.6 Å². The lowest BCUT2D eigenvalue weighted by atomic mass is 10.0. The Kier molecular flexibility index (Phi) is 6.49. The summed E-state index contributed by atoms with van der Waals surface area (Å²) in [5.41, 5.74) is 3.72. The van der Waals surface area contributed by atoms with Crippen LogP contribution in [0.25, 0.3) is 0 Å². The molecule has 2 heterocycles. The number of hydrogen-bond acceptors (Lipinski definition) is 7. The monoisotopic (exact) mass is 410 g/mol. The van der Waals surface area contributed by atoms with Crippen LogP contribution in [0.4, 0.5) is 0 Å². The summed E-state index contributed by atoms with van der Waals surface area (Å²) in [4.78, 5) is 29.6. The van der Waals surface area contributed by atoms with E-state index in [1.807, 2.05) is 39.0 Å². The van der Waals surface area contributed by atoms with Gasteiger partial charge in [-0.2, -0.15) is 0 Å². The van der Waals surface area contributed by atoms with E-state index < -0.39 is 12.1 Å². The maximum absolute atomic E-state index is 12.7. The van der Waals surface area contributed by atoms with Crippen LogP contribution in [-0.2, 0) is 10.5 Å². The third-order valence-electron chi connectivity index (χ3n) is 4.47. The number of rotatable bonds is 7. The van der Waals surface area contributed by atoms with E-state index in [9.17, 15) is 9.59 Å². The van der Waals surface area contributed by atoms with Crippen molar-refractivity contribution in [2.24, 2.45) is 0 Å². The summed E-state index contributed by atoms with van der Waals surface area (Å²) in [6.45, 7) is 7.32. The van der Waals surface area contributed by atoms with E-state index in [1.165, 1.54) is 11.8 Å². The summed E-state index contributed by atoms with van der Waals surface area (Å²) in [7, 11) is 0. The van der Waals surface area contributed by atoms with Crippen LogP contribution in [0.1, 0.15) is 50.2 Å². The molecule has 150 valence electrons. The molecule has 0 N–H and O–H groups in total. The fraction of sp³-hybridized carbons (Fsp3) is 0.273. The van der Waals surface area contributed by atoms with Gasteiger partial charge < -0.3 is 9.26 Å². The summed E-state index contributed by atoms with van der Waals surface area (Å²) in [6.07, 6.45) is 0.706. The molecule has 0 amide bonds. The molecule has 29 heavy (non-hydrogen) atoms. The largest absolute Gasteiger partial charge is 0.451 e. The van der Waals surface area contributed by atoms with Crippen molar-refractivity contribution in [1.82, 2.24) is 10.1 Å². The summed E-state index contributed by atoms with van der Waals surface area (Å²) in [5.74, 6) is 0.408. The predicted molar refractivity (Wildman–Crippen MR) is 110 cm³/mol. The number of aryl methyl sites for hydroxylation is 3. The van der Waals surface area contributed by atoms with E-state index in [-0.39, 0.29) is 5.78 Å². The highest BCUT2D eigenvalue weighted by atomic mass is 32.2. The van der Waals surface area contributed by atoms with Gasteiger partial charge in [-0.05, 0) is 57.0 Å². The smallest absolute Gasteiger partial charge is 0.341 e. The maximum atomic E-state index is 12.7. The lowest BCUT2D eigenvalue weighted by Crippen LogP contribution is -2.25. The molecule has 3 aromatic rings. The van der Waals surface area contributed by atoms with E-state index in [0.717, 1.165) is 22.6 Å². The van der Waals surface area contributed by atoms with Gasteiger partial charge in [0.1, 0.15) is 10.8 Å². The number of thioether (sulfide) groups is 1. The summed E-state index contributed by atoms with van der Waals surface area (Å²) < 4.78 is 10.5. The number of esters is 1. The molecule has 0 radical (unpaired) electrons. The number of Topliss-reactive ketones (excluding diaryl/α,β-unsaturated/α-hetero) is 1. The second-order valence-electron chi connectivity index (χ2n) is 6.78. The highest BCUT2D eigenvalue weighted by Crippen LogP contribution is 2.25. The van der Waals surface area contributed by atoms with Crippen molar-refractivity contribution in [2.75, 3.05) is 0 Å². The lowest BCUT2D eigenvalue weighted by Gasteiger charge is -2.14. The third-order valence-corrected chi connectivity index (χ3v) is 5.51. The van der Waals surface area contributed by atoms with Crippen LogP contribution in [0, 0.1) is 20.8 Å². The van der Waals surface area contributed by atoms with Crippen molar-refractivity contribution in [3.63, 3.8) is 0 Å². The molecule has 0 bridgehead atoms. The van der Waals surface area contributed by atoms with Crippen LogP contribution >= 0.6 is 11.8 Å². The molecular formula is C22H22N2O4S. The molecule has 3 rings (SSSR count). The molecule has 0 spiro atoms. The number of ketones is 1. The molecule has 1 aromatic carbocycles. The molecule has 7 heteroatoms. The molecule has 0 fully saturated rings. The van der Waals surface area contributed by atoms with Gasteiger partial charge in [0.05, 0.1) is 11.3 Å². The fourth-order valence-corrected chi connectivity index (χ4v) is 3.56. The average molecular weight is 410 g/mol. The minimum Gasteiger partial charge on any atom is -0.451 e. The van der Waals surface area contributed by atoms with Gasteiger partial charge >= 0.3 is 5.97 Å². The number of aromatic nitrogens is 2.